The molecule has 0 aliphatic carbocycles. The molecule has 1 rings (SSSR count). The predicted molar refractivity (Wildman–Crippen MR) is 69.1 cm³/mol. The lowest BCUT2D eigenvalue weighted by Crippen LogP contribution is -2.28. The molecule has 0 aromatic carbocycles. The Morgan fingerprint density at radius 3 is 2.47 bits per heavy atom. The molecule has 1 aliphatic rings. The molecule has 0 saturated carbocycles. The maximum absolute atomic E-state index is 11.9. The Hall–Kier alpha value is -0.403. The minimum Gasteiger partial charge on any atom is -0.465 e. The van der Waals surface area contributed by atoms with Gasteiger partial charge in [0.2, 0.25) is 10.0 Å². The number of nitrogens with zero attached hydrogens (tertiary/aromatic N) is 1. The van der Waals surface area contributed by atoms with Crippen molar-refractivity contribution in [3.05, 3.63) is 0 Å². The van der Waals surface area contributed by atoms with Crippen LogP contribution in [0.5, 0.6) is 0 Å². The summed E-state index contributed by atoms with van der Waals surface area (Å²) in [5.41, 5.74) is 0. The van der Waals surface area contributed by atoms with Gasteiger partial charge in [-0.05, 0) is 13.0 Å². The Morgan fingerprint density at radius 1 is 1.41 bits per heavy atom. The molecule has 0 aromatic rings. The van der Waals surface area contributed by atoms with Crippen molar-refractivity contribution in [3.63, 3.8) is 0 Å². The van der Waals surface area contributed by atoms with Crippen LogP contribution < -0.4 is 0 Å². The lowest BCUT2D eigenvalue weighted by atomic mass is 10.5. The van der Waals surface area contributed by atoms with Gasteiger partial charge in [-0.2, -0.15) is 4.31 Å². The lowest BCUT2D eigenvalue weighted by molar-refractivity contribution is -0.142. The van der Waals surface area contributed by atoms with E-state index >= 15 is 0 Å². The molecule has 17 heavy (non-hydrogen) atoms. The first-order valence-corrected chi connectivity index (χ1v) is 11.1. The van der Waals surface area contributed by atoms with Gasteiger partial charge in [0.1, 0.15) is 6.04 Å². The van der Waals surface area contributed by atoms with Crippen LogP contribution in [0.2, 0.25) is 25.7 Å². The first kappa shape index (κ1) is 14.7. The molecule has 2 atom stereocenters. The first-order valence-electron chi connectivity index (χ1n) is 5.83. The minimum atomic E-state index is -3.27. The number of carbonyl (C=O) groups is 1. The highest BCUT2D eigenvalue weighted by molar-refractivity contribution is 7.89. The van der Waals surface area contributed by atoms with E-state index in [0.717, 1.165) is 6.04 Å². The highest BCUT2D eigenvalue weighted by Gasteiger charge is 2.49. The van der Waals surface area contributed by atoms with Crippen LogP contribution >= 0.6 is 0 Å². The van der Waals surface area contributed by atoms with Crippen LogP contribution in [-0.2, 0) is 19.6 Å². The van der Waals surface area contributed by atoms with Crippen molar-refractivity contribution in [2.45, 2.75) is 38.7 Å². The van der Waals surface area contributed by atoms with E-state index in [1.165, 1.54) is 4.31 Å². The molecule has 0 radical (unpaired) electrons. The molecule has 1 unspecified atom stereocenters. The van der Waals surface area contributed by atoms with Crippen LogP contribution in [0.15, 0.2) is 0 Å². The molecule has 5 nitrogen and oxygen atoms in total. The molecule has 100 valence electrons. The normalized spacial score (nSPS) is 24.5. The summed E-state index contributed by atoms with van der Waals surface area (Å²) in [6.07, 6.45) is 0. The molecule has 1 fully saturated rings. The van der Waals surface area contributed by atoms with Gasteiger partial charge in [-0.3, -0.25) is 4.79 Å². The van der Waals surface area contributed by atoms with Crippen LogP contribution in [0.3, 0.4) is 0 Å². The fraction of sp³-hybridized carbons (Fsp3) is 0.900. The monoisotopic (exact) mass is 279 g/mol. The van der Waals surface area contributed by atoms with E-state index in [-0.39, 0.29) is 18.9 Å². The number of sulfonamides is 1. The van der Waals surface area contributed by atoms with E-state index in [1.807, 2.05) is 0 Å². The molecule has 7 heteroatoms. The predicted octanol–water partition coefficient (Wildman–Crippen LogP) is 0.902. The second-order valence-electron chi connectivity index (χ2n) is 5.46. The number of hydrogen-bond donors (Lipinski definition) is 0. The van der Waals surface area contributed by atoms with Crippen molar-refractivity contribution in [1.82, 2.24) is 4.31 Å². The van der Waals surface area contributed by atoms with Crippen LogP contribution in [0.1, 0.15) is 6.92 Å². The fourth-order valence-electron chi connectivity index (χ4n) is 1.41. The molecular weight excluding hydrogens is 258 g/mol. The maximum Gasteiger partial charge on any atom is 0.325 e. The van der Waals surface area contributed by atoms with Gasteiger partial charge in [0.15, 0.2) is 0 Å². The van der Waals surface area contributed by atoms with Crippen molar-refractivity contribution < 1.29 is 17.9 Å². The Morgan fingerprint density at radius 2 is 2.00 bits per heavy atom. The summed E-state index contributed by atoms with van der Waals surface area (Å²) in [4.78, 5) is 11.3. The lowest BCUT2D eigenvalue weighted by Gasteiger charge is -2.15. The molecule has 1 heterocycles. The molecule has 0 spiro atoms. The molecule has 0 N–H and O–H groups in total. The smallest absolute Gasteiger partial charge is 0.325 e. The van der Waals surface area contributed by atoms with Gasteiger partial charge in [0.05, 0.1) is 12.4 Å². The molecule has 0 amide bonds. The zero-order chi connectivity index (χ0) is 13.3. The van der Waals surface area contributed by atoms with Crippen LogP contribution in [0.4, 0.5) is 0 Å². The van der Waals surface area contributed by atoms with Gasteiger partial charge < -0.3 is 4.74 Å². The number of carbonyl (C=O) groups excluding carboxylic acids is 1. The topological polar surface area (TPSA) is 63.5 Å². The quantitative estimate of drug-likeness (QED) is 0.412. The molecule has 0 bridgehead atoms. The number of esters is 1. The fourth-order valence-corrected chi connectivity index (χ4v) is 5.97. The van der Waals surface area contributed by atoms with Gasteiger partial charge in [-0.1, -0.05) is 19.6 Å². The Balaban J connectivity index is 2.49. The SMILES string of the molecule is CCOC(=O)[C@H]1CN1S(=O)(=O)CC[Si](C)(C)C. The van der Waals surface area contributed by atoms with Gasteiger partial charge in [0.25, 0.3) is 0 Å². The van der Waals surface area contributed by atoms with Crippen LogP contribution in [0.25, 0.3) is 0 Å². The molecule has 0 aromatic heterocycles. The van der Waals surface area contributed by atoms with E-state index in [4.69, 9.17) is 4.74 Å². The van der Waals surface area contributed by atoms with Crippen molar-refractivity contribution in [2.24, 2.45) is 0 Å². The van der Waals surface area contributed by atoms with Gasteiger partial charge in [0, 0.05) is 14.6 Å². The van der Waals surface area contributed by atoms with Gasteiger partial charge in [-0.15, -0.1) is 0 Å². The largest absolute Gasteiger partial charge is 0.465 e. The Kier molecular flexibility index (Phi) is 4.37. The number of ether oxygens (including phenoxy) is 1. The van der Waals surface area contributed by atoms with Gasteiger partial charge >= 0.3 is 5.97 Å². The van der Waals surface area contributed by atoms with Crippen LogP contribution in [0, 0.1) is 0 Å². The summed E-state index contributed by atoms with van der Waals surface area (Å²) >= 11 is 0. The highest BCUT2D eigenvalue weighted by atomic mass is 32.2. The molecule has 1 saturated heterocycles. The van der Waals surface area contributed by atoms with E-state index in [9.17, 15) is 13.2 Å². The third-order valence-electron chi connectivity index (χ3n) is 2.59. The third kappa shape index (κ3) is 4.40. The Labute approximate surface area is 104 Å². The summed E-state index contributed by atoms with van der Waals surface area (Å²) in [6, 6.07) is 0.156. The van der Waals surface area contributed by atoms with E-state index in [1.54, 1.807) is 6.92 Å². The highest BCUT2D eigenvalue weighted by Crippen LogP contribution is 2.25. The third-order valence-corrected chi connectivity index (χ3v) is 6.54. The van der Waals surface area contributed by atoms with Crippen molar-refractivity contribution in [2.75, 3.05) is 18.9 Å². The van der Waals surface area contributed by atoms with E-state index in [2.05, 4.69) is 19.6 Å². The summed E-state index contributed by atoms with van der Waals surface area (Å²) < 4.78 is 29.8. The summed E-state index contributed by atoms with van der Waals surface area (Å²) in [7, 11) is -4.64. The molecule has 1 aliphatic heterocycles. The van der Waals surface area contributed by atoms with E-state index < -0.39 is 30.1 Å². The zero-order valence-corrected chi connectivity index (χ0v) is 12.7. The summed E-state index contributed by atoms with van der Waals surface area (Å²) in [6.45, 7) is 8.68. The van der Waals surface area contributed by atoms with Gasteiger partial charge in [-0.25, -0.2) is 8.42 Å². The average molecular weight is 279 g/mol. The van der Waals surface area contributed by atoms with E-state index in [0.29, 0.717) is 0 Å². The Bertz CT molecular complexity index is 388. The van der Waals surface area contributed by atoms with Crippen molar-refractivity contribution in [1.29, 1.82) is 0 Å². The summed E-state index contributed by atoms with van der Waals surface area (Å²) in [5, 5.41) is 0. The second kappa shape index (κ2) is 5.07. The first-order chi connectivity index (χ1) is 7.67. The molecular formula is C10H21NO4SSi. The van der Waals surface area contributed by atoms with Crippen LogP contribution in [-0.4, -0.2) is 51.7 Å². The average Bonchev–Trinajstić information content (AvgIpc) is 2.94. The number of hydrogen-bond acceptors (Lipinski definition) is 4. The standard InChI is InChI=1S/C10H21NO4SSi/c1-5-15-10(12)9-8-11(9)16(13,14)6-7-17(2,3)4/h9H,5-8H2,1-4H3/t9-,11?/m1/s1. The van der Waals surface area contributed by atoms with Crippen molar-refractivity contribution in [3.8, 4) is 0 Å². The van der Waals surface area contributed by atoms with Crippen molar-refractivity contribution >= 4 is 24.1 Å². The number of rotatable bonds is 6. The second-order valence-corrected chi connectivity index (χ2v) is 13.1. The maximum atomic E-state index is 11.9. The zero-order valence-electron chi connectivity index (χ0n) is 10.9. The summed E-state index contributed by atoms with van der Waals surface area (Å²) in [5.74, 6) is -0.275. The minimum absolute atomic E-state index is 0.151.